The molecule has 3 nitrogen and oxygen atoms in total. The lowest BCUT2D eigenvalue weighted by Gasteiger charge is -2.22. The zero-order valence-electron chi connectivity index (χ0n) is 12.1. The molecule has 0 amide bonds. The van der Waals surface area contributed by atoms with Gasteiger partial charge in [0.05, 0.1) is 21.2 Å². The largest absolute Gasteiger partial charge is 0.242 e. The molecule has 2 aromatic rings. The summed E-state index contributed by atoms with van der Waals surface area (Å²) in [5, 5.41) is 1.48. The molecule has 2 atom stereocenters. The maximum atomic E-state index is 12.2. The number of fused-ring (bicyclic) bond motifs is 1. The first-order valence-corrected chi connectivity index (χ1v) is 8.05. The third-order valence-electron chi connectivity index (χ3n) is 3.01. The minimum atomic E-state index is -1.15. The summed E-state index contributed by atoms with van der Waals surface area (Å²) < 4.78 is 14.9. The second-order valence-electron chi connectivity index (χ2n) is 5.78. The molecule has 0 aliphatic carbocycles. The zero-order valence-corrected chi connectivity index (χ0v) is 13.7. The summed E-state index contributed by atoms with van der Waals surface area (Å²) in [5.41, 5.74) is 1.73. The molecule has 1 aromatic carbocycles. The van der Waals surface area contributed by atoms with Crippen LogP contribution in [-0.4, -0.2) is 13.9 Å². The monoisotopic (exact) mass is 310 g/mol. The van der Waals surface area contributed by atoms with Crippen molar-refractivity contribution in [3.63, 3.8) is 0 Å². The van der Waals surface area contributed by atoms with Crippen LogP contribution in [0, 0.1) is 0 Å². The van der Waals surface area contributed by atoms with E-state index < -0.39 is 11.0 Å². The molecule has 0 spiro atoms. The summed E-state index contributed by atoms with van der Waals surface area (Å²) in [6.45, 7) is 7.75. The van der Waals surface area contributed by atoms with Gasteiger partial charge in [0, 0.05) is 17.0 Å². The molecule has 1 unspecified atom stereocenters. The number of nitrogens with zero attached hydrogens (tertiary/aromatic N) is 1. The van der Waals surface area contributed by atoms with Gasteiger partial charge in [-0.2, -0.15) is 0 Å². The van der Waals surface area contributed by atoms with E-state index in [1.807, 2.05) is 58.0 Å². The number of halogens is 1. The van der Waals surface area contributed by atoms with Gasteiger partial charge in [-0.3, -0.25) is 0 Å². The molecular formula is C15H19ClN2OS. The summed E-state index contributed by atoms with van der Waals surface area (Å²) in [7, 11) is -1.15. The van der Waals surface area contributed by atoms with Crippen molar-refractivity contribution in [2.45, 2.75) is 38.5 Å². The third kappa shape index (κ3) is 3.37. The summed E-state index contributed by atoms with van der Waals surface area (Å²) in [6, 6.07) is 9.70. The molecule has 1 aromatic heterocycles. The molecule has 0 aliphatic heterocycles. The van der Waals surface area contributed by atoms with Crippen molar-refractivity contribution in [3.05, 3.63) is 41.0 Å². The highest BCUT2D eigenvalue weighted by atomic mass is 35.5. The molecule has 0 saturated carbocycles. The van der Waals surface area contributed by atoms with Gasteiger partial charge in [0.25, 0.3) is 0 Å². The minimum Gasteiger partial charge on any atom is -0.242 e. The number of aromatic nitrogens is 1. The quantitative estimate of drug-likeness (QED) is 0.871. The van der Waals surface area contributed by atoms with Gasteiger partial charge >= 0.3 is 0 Å². The third-order valence-corrected chi connectivity index (χ3v) is 4.99. The Morgan fingerprint density at radius 3 is 2.60 bits per heavy atom. The van der Waals surface area contributed by atoms with Crippen LogP contribution in [0.4, 0.5) is 0 Å². The van der Waals surface area contributed by atoms with Crippen LogP contribution in [0.5, 0.6) is 0 Å². The first-order valence-electron chi connectivity index (χ1n) is 6.52. The van der Waals surface area contributed by atoms with Gasteiger partial charge in [-0.25, -0.2) is 13.9 Å². The van der Waals surface area contributed by atoms with Crippen LogP contribution in [0.25, 0.3) is 10.9 Å². The molecule has 0 aliphatic rings. The lowest BCUT2D eigenvalue weighted by molar-refractivity contribution is 0.616. The number of rotatable bonds is 3. The maximum absolute atomic E-state index is 12.2. The van der Waals surface area contributed by atoms with Crippen LogP contribution < -0.4 is 4.72 Å². The Morgan fingerprint density at radius 1 is 1.30 bits per heavy atom. The van der Waals surface area contributed by atoms with Crippen molar-refractivity contribution < 1.29 is 4.21 Å². The predicted octanol–water partition coefficient (Wildman–Crippen LogP) is 4.00. The normalized spacial score (nSPS) is 15.2. The second-order valence-corrected chi connectivity index (χ2v) is 8.14. The van der Waals surface area contributed by atoms with Crippen molar-refractivity contribution >= 4 is 33.5 Å². The average Bonchev–Trinajstić information content (AvgIpc) is 2.36. The number of nitrogens with one attached hydrogen (secondary N) is 1. The Morgan fingerprint density at radius 2 is 1.95 bits per heavy atom. The molecule has 1 N–H and O–H groups in total. The number of pyridine rings is 1. The summed E-state index contributed by atoms with van der Waals surface area (Å²) in [5.74, 6) is 0. The van der Waals surface area contributed by atoms with E-state index >= 15 is 0 Å². The van der Waals surface area contributed by atoms with Gasteiger partial charge in [-0.15, -0.1) is 0 Å². The molecule has 0 radical (unpaired) electrons. The van der Waals surface area contributed by atoms with Crippen molar-refractivity contribution in [1.82, 2.24) is 9.71 Å². The van der Waals surface area contributed by atoms with Crippen LogP contribution in [0.1, 0.15) is 39.3 Å². The van der Waals surface area contributed by atoms with Crippen LogP contribution in [0.2, 0.25) is 5.15 Å². The van der Waals surface area contributed by atoms with E-state index in [9.17, 15) is 4.21 Å². The van der Waals surface area contributed by atoms with Gasteiger partial charge in [0.1, 0.15) is 5.15 Å². The highest BCUT2D eigenvalue weighted by Gasteiger charge is 2.23. The van der Waals surface area contributed by atoms with E-state index in [2.05, 4.69) is 9.71 Å². The topological polar surface area (TPSA) is 42.0 Å². The number of benzene rings is 1. The minimum absolute atomic E-state index is 0.125. The molecule has 0 bridgehead atoms. The van der Waals surface area contributed by atoms with Crippen molar-refractivity contribution in [2.75, 3.05) is 0 Å². The van der Waals surface area contributed by atoms with E-state index in [0.717, 1.165) is 16.5 Å². The van der Waals surface area contributed by atoms with E-state index in [0.29, 0.717) is 5.15 Å². The molecule has 0 saturated heterocycles. The average molecular weight is 311 g/mol. The molecule has 108 valence electrons. The van der Waals surface area contributed by atoms with E-state index in [-0.39, 0.29) is 10.8 Å². The van der Waals surface area contributed by atoms with Gasteiger partial charge in [0.2, 0.25) is 0 Å². The van der Waals surface area contributed by atoms with Gasteiger partial charge < -0.3 is 0 Å². The van der Waals surface area contributed by atoms with Crippen LogP contribution in [0.3, 0.4) is 0 Å². The number of para-hydroxylation sites is 1. The molecule has 0 fully saturated rings. The standard InChI is InChI=1S/C15H19ClN2OS/c1-10(18-20(19)15(2,3)4)12-9-11-7-5-6-8-13(11)17-14(12)16/h5-10,18H,1-4H3/t10-,20?/m0/s1. The number of hydrogen-bond donors (Lipinski definition) is 1. The summed E-state index contributed by atoms with van der Waals surface area (Å²) in [4.78, 5) is 4.39. The lowest BCUT2D eigenvalue weighted by Crippen LogP contribution is -2.34. The fourth-order valence-electron chi connectivity index (χ4n) is 1.81. The lowest BCUT2D eigenvalue weighted by atomic mass is 10.1. The van der Waals surface area contributed by atoms with Crippen LogP contribution >= 0.6 is 11.6 Å². The zero-order chi connectivity index (χ0) is 14.9. The summed E-state index contributed by atoms with van der Waals surface area (Å²) in [6.07, 6.45) is 0. The first kappa shape index (κ1) is 15.4. The highest BCUT2D eigenvalue weighted by Crippen LogP contribution is 2.26. The molecular weight excluding hydrogens is 292 g/mol. The maximum Gasteiger partial charge on any atom is 0.134 e. The van der Waals surface area contributed by atoms with Crippen molar-refractivity contribution in [2.24, 2.45) is 0 Å². The highest BCUT2D eigenvalue weighted by molar-refractivity contribution is 7.84. The van der Waals surface area contributed by atoms with Gasteiger partial charge in [-0.05, 0) is 39.8 Å². The van der Waals surface area contributed by atoms with Crippen molar-refractivity contribution in [3.8, 4) is 0 Å². The first-order chi connectivity index (χ1) is 9.29. The molecule has 2 rings (SSSR count). The Bertz CT molecular complexity index is 652. The van der Waals surface area contributed by atoms with E-state index in [1.54, 1.807) is 0 Å². The van der Waals surface area contributed by atoms with Gasteiger partial charge in [0.15, 0.2) is 0 Å². The molecule has 1 heterocycles. The van der Waals surface area contributed by atoms with Crippen molar-refractivity contribution in [1.29, 1.82) is 0 Å². The fourth-order valence-corrected chi connectivity index (χ4v) is 2.92. The van der Waals surface area contributed by atoms with E-state index in [4.69, 9.17) is 11.6 Å². The SMILES string of the molecule is C[C@H](NS(=O)C(C)(C)C)c1cc2ccccc2nc1Cl. The van der Waals surface area contributed by atoms with Gasteiger partial charge in [-0.1, -0.05) is 29.8 Å². The van der Waals surface area contributed by atoms with Crippen LogP contribution in [0.15, 0.2) is 30.3 Å². The Balaban J connectivity index is 2.32. The van der Waals surface area contributed by atoms with E-state index in [1.165, 1.54) is 0 Å². The molecule has 20 heavy (non-hydrogen) atoms. The predicted molar refractivity (Wildman–Crippen MR) is 86.2 cm³/mol. The number of hydrogen-bond acceptors (Lipinski definition) is 2. The Kier molecular flexibility index (Phi) is 4.47. The van der Waals surface area contributed by atoms with Crippen LogP contribution in [-0.2, 0) is 11.0 Å². The fraction of sp³-hybridized carbons (Fsp3) is 0.400. The Hall–Kier alpha value is -0.970. The molecule has 5 heteroatoms. The second kappa shape index (κ2) is 5.80. The Labute approximate surface area is 127 Å². The smallest absolute Gasteiger partial charge is 0.134 e. The summed E-state index contributed by atoms with van der Waals surface area (Å²) >= 11 is 6.25.